The first-order valence-corrected chi connectivity index (χ1v) is 12.7. The van der Waals surface area contributed by atoms with Crippen molar-refractivity contribution in [2.75, 3.05) is 26.7 Å². The average molecular weight is 473 g/mol. The van der Waals surface area contributed by atoms with E-state index in [1.54, 1.807) is 0 Å². The zero-order chi connectivity index (χ0) is 25.3. The number of hydrogen-bond acceptors (Lipinski definition) is 4. The fourth-order valence-corrected chi connectivity index (χ4v) is 4.79. The molecule has 2 aliphatic rings. The molecule has 4 rings (SSSR count). The van der Waals surface area contributed by atoms with E-state index in [-0.39, 0.29) is 6.10 Å². The Labute approximate surface area is 211 Å². The number of allylic oxidation sites excluding steroid dienone is 5. The second-order valence-corrected chi connectivity index (χ2v) is 10.1. The van der Waals surface area contributed by atoms with Gasteiger partial charge >= 0.3 is 0 Å². The molecule has 0 amide bonds. The lowest BCUT2D eigenvalue weighted by Gasteiger charge is -2.32. The maximum Gasteiger partial charge on any atom is 0.219 e. The number of likely N-dealkylation sites (N-methyl/N-ethyl adjacent to an activating group) is 1. The van der Waals surface area contributed by atoms with Gasteiger partial charge in [0.25, 0.3) is 0 Å². The molecular weight excluding hydrogens is 432 g/mol. The van der Waals surface area contributed by atoms with Gasteiger partial charge in [0.1, 0.15) is 6.10 Å². The largest absolute Gasteiger partial charge is 0.473 e. The van der Waals surface area contributed by atoms with Gasteiger partial charge in [-0.15, -0.1) is 0 Å². The van der Waals surface area contributed by atoms with Crippen LogP contribution in [0.3, 0.4) is 0 Å². The molecular formula is C30H40N4O. The molecule has 1 saturated carbocycles. The zero-order valence-corrected chi connectivity index (χ0v) is 22.3. The second-order valence-electron chi connectivity index (χ2n) is 10.1. The van der Waals surface area contributed by atoms with Crippen molar-refractivity contribution in [2.24, 2.45) is 7.05 Å². The Morgan fingerprint density at radius 2 is 1.97 bits per heavy atom. The van der Waals surface area contributed by atoms with Crippen LogP contribution in [0.15, 0.2) is 66.5 Å². The van der Waals surface area contributed by atoms with E-state index in [4.69, 9.17) is 4.74 Å². The van der Waals surface area contributed by atoms with E-state index >= 15 is 0 Å². The fourth-order valence-electron chi connectivity index (χ4n) is 4.79. The Morgan fingerprint density at radius 1 is 1.23 bits per heavy atom. The lowest BCUT2D eigenvalue weighted by Crippen LogP contribution is -2.40. The van der Waals surface area contributed by atoms with Crippen LogP contribution >= 0.6 is 0 Å². The van der Waals surface area contributed by atoms with Gasteiger partial charge in [0.15, 0.2) is 0 Å². The summed E-state index contributed by atoms with van der Waals surface area (Å²) in [6.07, 6.45) is 8.76. The number of hydrogen-bond donors (Lipinski definition) is 0. The molecule has 0 unspecified atom stereocenters. The molecule has 186 valence electrons. The summed E-state index contributed by atoms with van der Waals surface area (Å²) in [5.41, 5.74) is 8.95. The van der Waals surface area contributed by atoms with Crippen molar-refractivity contribution >= 4 is 5.57 Å². The Kier molecular flexibility index (Phi) is 7.36. The molecule has 1 aromatic heterocycles. The number of aromatic nitrogens is 2. The first-order chi connectivity index (χ1) is 16.7. The molecule has 2 bridgehead atoms. The van der Waals surface area contributed by atoms with Gasteiger partial charge < -0.3 is 9.64 Å². The summed E-state index contributed by atoms with van der Waals surface area (Å²) in [6, 6.07) is 7.11. The molecule has 1 aliphatic heterocycles. The fraction of sp³-hybridized carbons (Fsp3) is 0.433. The monoisotopic (exact) mass is 472 g/mol. The minimum atomic E-state index is 0.0202. The Hall–Kier alpha value is -3.05. The number of benzene rings is 1. The highest BCUT2D eigenvalue weighted by molar-refractivity contribution is 5.80. The molecule has 1 aromatic carbocycles. The van der Waals surface area contributed by atoms with Crippen LogP contribution in [-0.4, -0.2) is 58.4 Å². The topological polar surface area (TPSA) is 33.5 Å². The van der Waals surface area contributed by atoms with Gasteiger partial charge in [-0.2, -0.15) is 5.10 Å². The van der Waals surface area contributed by atoms with Gasteiger partial charge in [-0.05, 0) is 80.0 Å². The first kappa shape index (κ1) is 25.1. The molecule has 35 heavy (non-hydrogen) atoms. The first-order valence-electron chi connectivity index (χ1n) is 12.7. The van der Waals surface area contributed by atoms with E-state index in [1.165, 1.54) is 29.7 Å². The summed E-state index contributed by atoms with van der Waals surface area (Å²) in [6.45, 7) is 20.0. The van der Waals surface area contributed by atoms with E-state index < -0.39 is 0 Å². The molecule has 0 saturated heterocycles. The molecule has 1 aliphatic carbocycles. The molecule has 5 heteroatoms. The van der Waals surface area contributed by atoms with Crippen LogP contribution in [0.25, 0.3) is 16.7 Å². The third-order valence-electron chi connectivity index (χ3n) is 7.16. The van der Waals surface area contributed by atoms with Crippen LogP contribution in [-0.2, 0) is 7.05 Å². The van der Waals surface area contributed by atoms with Crippen molar-refractivity contribution in [3.63, 3.8) is 0 Å². The van der Waals surface area contributed by atoms with Crippen molar-refractivity contribution in [1.29, 1.82) is 0 Å². The van der Waals surface area contributed by atoms with Gasteiger partial charge in [0.05, 0.1) is 11.8 Å². The third kappa shape index (κ3) is 5.46. The molecule has 0 spiro atoms. The predicted octanol–water partition coefficient (Wildman–Crippen LogP) is 5.99. The highest BCUT2D eigenvalue weighted by Crippen LogP contribution is 2.35. The van der Waals surface area contributed by atoms with E-state index in [0.717, 1.165) is 53.4 Å². The summed E-state index contributed by atoms with van der Waals surface area (Å²) < 4.78 is 8.42. The molecule has 1 fully saturated rings. The quantitative estimate of drug-likeness (QED) is 0.547. The van der Waals surface area contributed by atoms with E-state index in [0.29, 0.717) is 6.04 Å². The normalized spacial score (nSPS) is 22.6. The molecule has 2 heterocycles. The number of aryl methyl sites for hydroxylation is 2. The van der Waals surface area contributed by atoms with Crippen LogP contribution in [0.5, 0.6) is 5.88 Å². The summed E-state index contributed by atoms with van der Waals surface area (Å²) in [5.74, 6) is 0.808. The Morgan fingerprint density at radius 3 is 2.63 bits per heavy atom. The molecule has 5 nitrogen and oxygen atoms in total. The highest BCUT2D eigenvalue weighted by Gasteiger charge is 2.32. The van der Waals surface area contributed by atoms with Crippen LogP contribution in [0.4, 0.5) is 0 Å². The maximum absolute atomic E-state index is 6.58. The smallest absolute Gasteiger partial charge is 0.219 e. The van der Waals surface area contributed by atoms with Crippen molar-refractivity contribution in [3.8, 4) is 17.0 Å². The molecule has 0 N–H and O–H groups in total. The molecule has 1 atom stereocenters. The minimum Gasteiger partial charge on any atom is -0.473 e. The van der Waals surface area contributed by atoms with Crippen molar-refractivity contribution < 1.29 is 4.74 Å². The third-order valence-corrected chi connectivity index (χ3v) is 7.16. The Balaban J connectivity index is 1.87. The zero-order valence-electron chi connectivity index (χ0n) is 22.3. The van der Waals surface area contributed by atoms with Gasteiger partial charge in [-0.1, -0.05) is 37.4 Å². The number of ether oxygens (including phenoxy) is 1. The number of nitrogens with zero attached hydrogens (tertiary/aromatic N) is 4. The lowest BCUT2D eigenvalue weighted by atomic mass is 9.95. The Bertz CT molecular complexity index is 1180. The summed E-state index contributed by atoms with van der Waals surface area (Å²) >= 11 is 0. The molecule has 2 aromatic rings. The van der Waals surface area contributed by atoms with E-state index in [2.05, 4.69) is 93.2 Å². The van der Waals surface area contributed by atoms with E-state index in [9.17, 15) is 0 Å². The SMILES string of the molecule is C=C(C)C1=C(\N(C)CC)CN(C2CC2)C[C@H](C)Oc2c(cnn2C)-c2ccc(C)c(c2)C(=C)\C=C\1. The minimum absolute atomic E-state index is 0.0202. The van der Waals surface area contributed by atoms with Crippen LogP contribution < -0.4 is 4.74 Å². The summed E-state index contributed by atoms with van der Waals surface area (Å²) in [5, 5.41) is 4.53. The highest BCUT2D eigenvalue weighted by atomic mass is 16.5. The van der Waals surface area contributed by atoms with Gasteiger partial charge in [-0.3, -0.25) is 4.90 Å². The van der Waals surface area contributed by atoms with Crippen LogP contribution in [0, 0.1) is 6.92 Å². The van der Waals surface area contributed by atoms with Gasteiger partial charge in [-0.25, -0.2) is 4.68 Å². The van der Waals surface area contributed by atoms with Crippen molar-refractivity contribution in [1.82, 2.24) is 19.6 Å². The predicted molar refractivity (Wildman–Crippen MR) is 146 cm³/mol. The average Bonchev–Trinajstić information content (AvgIpc) is 3.61. The molecule has 0 radical (unpaired) electrons. The number of fused-ring (bicyclic) bond motifs is 4. The summed E-state index contributed by atoms with van der Waals surface area (Å²) in [7, 11) is 4.13. The maximum atomic E-state index is 6.58. The second kappa shape index (κ2) is 10.3. The van der Waals surface area contributed by atoms with Crippen LogP contribution in [0.1, 0.15) is 44.7 Å². The van der Waals surface area contributed by atoms with Crippen LogP contribution in [0.2, 0.25) is 0 Å². The van der Waals surface area contributed by atoms with Crippen molar-refractivity contribution in [3.05, 3.63) is 77.7 Å². The van der Waals surface area contributed by atoms with Crippen molar-refractivity contribution in [2.45, 2.75) is 52.7 Å². The van der Waals surface area contributed by atoms with Gasteiger partial charge in [0, 0.05) is 45.5 Å². The standard InChI is InChI=1S/C30H40N4O/c1-9-32(7)29-19-34(25-13-14-25)18-23(6)35-30-28(17-31-33(30)8)24-12-10-21(4)27(16-24)22(5)11-15-26(29)20(2)3/h10-12,15-17,23,25H,2,5,9,13-14,18-19H2,1,3-4,6-8H3/b15-11+,29-26-/t23-/m0/s1. The van der Waals surface area contributed by atoms with E-state index in [1.807, 2.05) is 17.9 Å². The lowest BCUT2D eigenvalue weighted by molar-refractivity contribution is 0.133. The summed E-state index contributed by atoms with van der Waals surface area (Å²) in [4.78, 5) is 4.93. The van der Waals surface area contributed by atoms with Gasteiger partial charge in [0.2, 0.25) is 5.88 Å². The number of rotatable bonds is 4.